The first kappa shape index (κ1) is 30.1. The lowest BCUT2D eigenvalue weighted by Crippen LogP contribution is -2.45. The predicted octanol–water partition coefficient (Wildman–Crippen LogP) is 3.91. The van der Waals surface area contributed by atoms with Crippen LogP contribution in [0, 0.1) is 6.92 Å². The summed E-state index contributed by atoms with van der Waals surface area (Å²) < 4.78 is 27.4. The number of amides is 1. The number of aryl methyl sites for hydroxylation is 1. The van der Waals surface area contributed by atoms with E-state index < -0.39 is 30.0 Å². The molecule has 0 radical (unpaired) electrons. The van der Waals surface area contributed by atoms with E-state index >= 15 is 0 Å². The number of methoxy groups -OCH3 is 1. The number of pyridine rings is 1. The summed E-state index contributed by atoms with van der Waals surface area (Å²) in [7, 11) is 1.36. The molecular weight excluding hydrogens is 516 g/mol. The number of rotatable bonds is 6. The van der Waals surface area contributed by atoms with E-state index in [0.29, 0.717) is 12.2 Å². The molecule has 0 bridgehead atoms. The van der Waals surface area contributed by atoms with Gasteiger partial charge in [-0.2, -0.15) is 0 Å². The van der Waals surface area contributed by atoms with Crippen LogP contribution < -0.4 is 19.5 Å². The van der Waals surface area contributed by atoms with Crippen LogP contribution in [0.4, 0.5) is 0 Å². The first-order chi connectivity index (χ1) is 19.3. The third-order valence-corrected chi connectivity index (χ3v) is 5.63. The molecule has 1 aliphatic rings. The van der Waals surface area contributed by atoms with Gasteiger partial charge in [-0.05, 0) is 26.0 Å². The zero-order chi connectivity index (χ0) is 28.9. The Bertz CT molecular complexity index is 1250. The molecule has 10 heteroatoms. The highest BCUT2D eigenvalue weighted by Crippen LogP contribution is 2.29. The molecule has 2 unspecified atom stereocenters. The number of esters is 2. The van der Waals surface area contributed by atoms with E-state index in [4.69, 9.17) is 23.7 Å². The minimum Gasteiger partial charge on any atom is -0.493 e. The smallest absolute Gasteiger partial charge is 0.331 e. The summed E-state index contributed by atoms with van der Waals surface area (Å²) in [5.74, 6) is -1.39. The molecule has 0 saturated carbocycles. The number of benzene rings is 2. The second kappa shape index (κ2) is 15.2. The number of nitrogens with zero attached hydrogens (tertiary/aromatic N) is 1. The fourth-order valence-electron chi connectivity index (χ4n) is 3.78. The van der Waals surface area contributed by atoms with Crippen molar-refractivity contribution in [3.8, 4) is 17.2 Å². The molecule has 10 nitrogen and oxygen atoms in total. The SMILES string of the molecule is COc1ccnc(C(=O)N[C@H]2COCC(Oc3ccccc3)CC(C)OC2=O)c1OC(C)=O.Cc1ccccc1. The Hall–Kier alpha value is -4.44. The number of hydrogen-bond donors (Lipinski definition) is 1. The predicted molar refractivity (Wildman–Crippen MR) is 146 cm³/mol. The number of para-hydroxylation sites is 1. The summed E-state index contributed by atoms with van der Waals surface area (Å²) in [5.41, 5.74) is 1.11. The largest absolute Gasteiger partial charge is 0.493 e. The van der Waals surface area contributed by atoms with Crippen molar-refractivity contribution in [2.45, 2.75) is 45.4 Å². The molecule has 4 rings (SSSR count). The molecule has 0 aliphatic carbocycles. The Kier molecular flexibility index (Phi) is 11.5. The maximum absolute atomic E-state index is 12.9. The highest BCUT2D eigenvalue weighted by atomic mass is 16.6. The quantitative estimate of drug-likeness (QED) is 0.455. The number of carbonyl (C=O) groups excluding carboxylic acids is 3. The van der Waals surface area contributed by atoms with Crippen LogP contribution in [0.15, 0.2) is 72.9 Å². The molecule has 3 atom stereocenters. The highest BCUT2D eigenvalue weighted by Gasteiger charge is 2.31. The van der Waals surface area contributed by atoms with Crippen LogP contribution in [0.2, 0.25) is 0 Å². The van der Waals surface area contributed by atoms with Crippen LogP contribution >= 0.6 is 0 Å². The van der Waals surface area contributed by atoms with Gasteiger partial charge in [-0.3, -0.25) is 9.59 Å². The molecule has 3 aromatic rings. The molecule has 1 N–H and O–H groups in total. The van der Waals surface area contributed by atoms with Gasteiger partial charge in [0, 0.05) is 25.6 Å². The number of aromatic nitrogens is 1. The van der Waals surface area contributed by atoms with Crippen LogP contribution in [0.25, 0.3) is 0 Å². The highest BCUT2D eigenvalue weighted by molar-refractivity contribution is 5.98. The van der Waals surface area contributed by atoms with Gasteiger partial charge in [0.1, 0.15) is 18.0 Å². The topological polar surface area (TPSA) is 122 Å². The molecule has 40 heavy (non-hydrogen) atoms. The summed E-state index contributed by atoms with van der Waals surface area (Å²) in [6.07, 6.45) is 0.918. The van der Waals surface area contributed by atoms with Gasteiger partial charge in [0.05, 0.1) is 20.3 Å². The molecule has 2 heterocycles. The standard InChI is InChI=1S/C23H26N2O8.C7H8/c1-14-11-17(33-16-7-5-4-6-8-16)12-30-13-18(23(28)31-14)25-22(27)20-21(32-15(2)26)19(29-3)9-10-24-20;1-7-5-3-2-4-6-7/h4-10,14,17-18H,11-13H2,1-3H3,(H,25,27);2-6H,1H3/t14?,17?,18-;/m0./s1. The maximum Gasteiger partial charge on any atom is 0.331 e. The van der Waals surface area contributed by atoms with Gasteiger partial charge in [0.2, 0.25) is 5.75 Å². The van der Waals surface area contributed by atoms with E-state index in [1.54, 1.807) is 6.92 Å². The monoisotopic (exact) mass is 550 g/mol. The summed E-state index contributed by atoms with van der Waals surface area (Å²) in [6.45, 7) is 5.07. The Labute approximate surface area is 233 Å². The lowest BCUT2D eigenvalue weighted by Gasteiger charge is -2.21. The summed E-state index contributed by atoms with van der Waals surface area (Å²) in [5, 5.41) is 2.54. The third kappa shape index (κ3) is 9.39. The van der Waals surface area contributed by atoms with Gasteiger partial charge in [0.25, 0.3) is 5.91 Å². The minimum absolute atomic E-state index is 0.140. The van der Waals surface area contributed by atoms with E-state index in [0.717, 1.165) is 0 Å². The number of carbonyl (C=O) groups is 3. The molecule has 0 spiro atoms. The van der Waals surface area contributed by atoms with E-state index in [1.807, 2.05) is 48.5 Å². The van der Waals surface area contributed by atoms with Crippen molar-refractivity contribution in [3.63, 3.8) is 0 Å². The van der Waals surface area contributed by atoms with Crippen molar-refractivity contribution < 1.29 is 38.1 Å². The molecule has 1 aromatic heterocycles. The van der Waals surface area contributed by atoms with Crippen LogP contribution in [-0.4, -0.2) is 61.4 Å². The molecule has 1 fully saturated rings. The normalized spacial score (nSPS) is 18.8. The van der Waals surface area contributed by atoms with Crippen LogP contribution in [-0.2, 0) is 19.1 Å². The molecule has 1 aliphatic heterocycles. The third-order valence-electron chi connectivity index (χ3n) is 5.63. The van der Waals surface area contributed by atoms with Gasteiger partial charge in [-0.1, -0.05) is 54.1 Å². The summed E-state index contributed by atoms with van der Waals surface area (Å²) in [4.78, 5) is 41.0. The van der Waals surface area contributed by atoms with Gasteiger partial charge in [0.15, 0.2) is 17.5 Å². The van der Waals surface area contributed by atoms with Gasteiger partial charge >= 0.3 is 11.9 Å². The Morgan fingerprint density at radius 1 is 1.00 bits per heavy atom. The lowest BCUT2D eigenvalue weighted by atomic mass is 10.2. The number of hydrogen-bond acceptors (Lipinski definition) is 9. The molecule has 212 valence electrons. The zero-order valence-electron chi connectivity index (χ0n) is 23.0. The number of nitrogens with one attached hydrogen (secondary N) is 1. The molecule has 2 aromatic carbocycles. The lowest BCUT2D eigenvalue weighted by molar-refractivity contribution is -0.151. The van der Waals surface area contributed by atoms with E-state index in [1.165, 1.54) is 31.9 Å². The molecule has 1 amide bonds. The average Bonchev–Trinajstić information content (AvgIpc) is 2.99. The zero-order valence-corrected chi connectivity index (χ0v) is 23.0. The second-order valence-corrected chi connectivity index (χ2v) is 9.04. The molecular formula is C30H34N2O8. The first-order valence-electron chi connectivity index (χ1n) is 12.8. The number of cyclic esters (lactones) is 1. The Morgan fingerprint density at radius 2 is 1.68 bits per heavy atom. The van der Waals surface area contributed by atoms with E-state index in [-0.39, 0.29) is 36.5 Å². The van der Waals surface area contributed by atoms with E-state index in [2.05, 4.69) is 29.4 Å². The Morgan fingerprint density at radius 3 is 2.27 bits per heavy atom. The van der Waals surface area contributed by atoms with Gasteiger partial charge < -0.3 is 29.0 Å². The minimum atomic E-state index is -1.10. The first-order valence-corrected chi connectivity index (χ1v) is 12.8. The van der Waals surface area contributed by atoms with Crippen molar-refractivity contribution in [2.75, 3.05) is 20.3 Å². The maximum atomic E-state index is 12.9. The Balaban J connectivity index is 0.000000547. The second-order valence-electron chi connectivity index (χ2n) is 9.04. The van der Waals surface area contributed by atoms with Crippen molar-refractivity contribution in [3.05, 3.63) is 84.2 Å². The fraction of sp³-hybridized carbons (Fsp3) is 0.333. The number of ether oxygens (including phenoxy) is 5. The van der Waals surface area contributed by atoms with E-state index in [9.17, 15) is 14.4 Å². The average molecular weight is 551 g/mol. The van der Waals surface area contributed by atoms with Gasteiger partial charge in [-0.25, -0.2) is 9.78 Å². The summed E-state index contributed by atoms with van der Waals surface area (Å²) in [6, 6.07) is 19.9. The van der Waals surface area contributed by atoms with Crippen molar-refractivity contribution in [1.29, 1.82) is 0 Å². The molecule has 1 saturated heterocycles. The van der Waals surface area contributed by atoms with Crippen molar-refractivity contribution in [1.82, 2.24) is 10.3 Å². The van der Waals surface area contributed by atoms with Crippen molar-refractivity contribution in [2.24, 2.45) is 0 Å². The van der Waals surface area contributed by atoms with Crippen LogP contribution in [0.3, 0.4) is 0 Å². The van der Waals surface area contributed by atoms with Crippen LogP contribution in [0.1, 0.15) is 36.3 Å². The van der Waals surface area contributed by atoms with Gasteiger partial charge in [-0.15, -0.1) is 0 Å². The fourth-order valence-corrected chi connectivity index (χ4v) is 3.78. The van der Waals surface area contributed by atoms with Crippen LogP contribution in [0.5, 0.6) is 17.2 Å². The van der Waals surface area contributed by atoms with Crippen molar-refractivity contribution >= 4 is 17.8 Å². The summed E-state index contributed by atoms with van der Waals surface area (Å²) >= 11 is 0.